The Labute approximate surface area is 129 Å². The number of para-hydroxylation sites is 1. The molecule has 0 bridgehead atoms. The molecule has 1 aliphatic heterocycles. The standard InChI is InChI=1S/C19H29NO/c1-3-5-14-8-9-16(13-20-2)18(12-14)17-7-4-6-15-10-11-21-19(15)17/h4,6-7,14,16,18,20H,3,5,8-13H2,1-2H3. The van der Waals surface area contributed by atoms with E-state index < -0.39 is 0 Å². The van der Waals surface area contributed by atoms with Crippen LogP contribution in [0.4, 0.5) is 0 Å². The van der Waals surface area contributed by atoms with E-state index in [-0.39, 0.29) is 0 Å². The second-order valence-corrected chi connectivity index (χ2v) is 6.83. The summed E-state index contributed by atoms with van der Waals surface area (Å²) in [6.07, 6.45) is 7.91. The first-order chi connectivity index (χ1) is 10.3. The molecular formula is C19H29NO. The second kappa shape index (κ2) is 6.83. The lowest BCUT2D eigenvalue weighted by Crippen LogP contribution is -2.30. The van der Waals surface area contributed by atoms with E-state index in [0.29, 0.717) is 5.92 Å². The fraction of sp³-hybridized carbons (Fsp3) is 0.684. The maximum Gasteiger partial charge on any atom is 0.126 e. The SMILES string of the molecule is CCCC1CCC(CNC)C(c2cccc3c2OCC3)C1. The van der Waals surface area contributed by atoms with Crippen LogP contribution in [0.25, 0.3) is 0 Å². The van der Waals surface area contributed by atoms with Crippen LogP contribution in [0.1, 0.15) is 56.1 Å². The van der Waals surface area contributed by atoms with Crippen molar-refractivity contribution in [2.24, 2.45) is 11.8 Å². The number of hydrogen-bond donors (Lipinski definition) is 1. The Morgan fingerprint density at radius 3 is 3.00 bits per heavy atom. The van der Waals surface area contributed by atoms with E-state index >= 15 is 0 Å². The Morgan fingerprint density at radius 2 is 2.19 bits per heavy atom. The molecule has 1 aromatic carbocycles. The van der Waals surface area contributed by atoms with Crippen molar-refractivity contribution in [3.05, 3.63) is 29.3 Å². The third kappa shape index (κ3) is 3.11. The van der Waals surface area contributed by atoms with Crippen LogP contribution in [0, 0.1) is 11.8 Å². The van der Waals surface area contributed by atoms with E-state index in [0.717, 1.165) is 31.4 Å². The van der Waals surface area contributed by atoms with Crippen molar-refractivity contribution < 1.29 is 4.74 Å². The molecule has 2 nitrogen and oxygen atoms in total. The molecule has 0 amide bonds. The van der Waals surface area contributed by atoms with Crippen LogP contribution < -0.4 is 10.1 Å². The van der Waals surface area contributed by atoms with Crippen LogP contribution in [0.5, 0.6) is 5.75 Å². The van der Waals surface area contributed by atoms with Gasteiger partial charge in [-0.15, -0.1) is 0 Å². The van der Waals surface area contributed by atoms with Gasteiger partial charge in [-0.1, -0.05) is 44.4 Å². The molecule has 116 valence electrons. The quantitative estimate of drug-likeness (QED) is 0.878. The summed E-state index contributed by atoms with van der Waals surface area (Å²) in [5.41, 5.74) is 2.92. The Kier molecular flexibility index (Phi) is 4.84. The minimum Gasteiger partial charge on any atom is -0.493 e. The van der Waals surface area contributed by atoms with E-state index in [1.165, 1.54) is 49.0 Å². The lowest BCUT2D eigenvalue weighted by atomic mass is 9.69. The number of ether oxygens (including phenoxy) is 1. The summed E-state index contributed by atoms with van der Waals surface area (Å²) in [4.78, 5) is 0. The summed E-state index contributed by atoms with van der Waals surface area (Å²) in [5, 5.41) is 3.41. The zero-order chi connectivity index (χ0) is 14.7. The van der Waals surface area contributed by atoms with Gasteiger partial charge in [-0.2, -0.15) is 0 Å². The molecule has 3 rings (SSSR count). The molecule has 21 heavy (non-hydrogen) atoms. The fourth-order valence-corrected chi connectivity index (χ4v) is 4.41. The molecule has 1 N–H and O–H groups in total. The Balaban J connectivity index is 1.86. The summed E-state index contributed by atoms with van der Waals surface area (Å²) in [6.45, 7) is 4.32. The summed E-state index contributed by atoms with van der Waals surface area (Å²) in [7, 11) is 2.08. The van der Waals surface area contributed by atoms with Gasteiger partial charge >= 0.3 is 0 Å². The van der Waals surface area contributed by atoms with Gasteiger partial charge in [0.25, 0.3) is 0 Å². The summed E-state index contributed by atoms with van der Waals surface area (Å²) in [6, 6.07) is 6.81. The van der Waals surface area contributed by atoms with Gasteiger partial charge < -0.3 is 10.1 Å². The molecule has 0 saturated heterocycles. The van der Waals surface area contributed by atoms with Gasteiger partial charge in [0.05, 0.1) is 6.61 Å². The topological polar surface area (TPSA) is 21.3 Å². The number of benzene rings is 1. The predicted molar refractivity (Wildman–Crippen MR) is 88.0 cm³/mol. The summed E-state index contributed by atoms with van der Waals surface area (Å²) >= 11 is 0. The van der Waals surface area contributed by atoms with E-state index in [2.05, 4.69) is 37.5 Å². The largest absolute Gasteiger partial charge is 0.493 e. The average Bonchev–Trinajstić information content (AvgIpc) is 2.98. The van der Waals surface area contributed by atoms with Gasteiger partial charge in [-0.25, -0.2) is 0 Å². The Bertz CT molecular complexity index is 471. The first kappa shape index (κ1) is 14.9. The zero-order valence-corrected chi connectivity index (χ0v) is 13.5. The van der Waals surface area contributed by atoms with Crippen LogP contribution >= 0.6 is 0 Å². The number of hydrogen-bond acceptors (Lipinski definition) is 2. The van der Waals surface area contributed by atoms with Gasteiger partial charge in [0.2, 0.25) is 0 Å². The van der Waals surface area contributed by atoms with Crippen LogP contribution in [-0.2, 0) is 6.42 Å². The summed E-state index contributed by atoms with van der Waals surface area (Å²) < 4.78 is 5.98. The molecule has 1 aliphatic carbocycles. The van der Waals surface area contributed by atoms with E-state index in [9.17, 15) is 0 Å². The van der Waals surface area contributed by atoms with Crippen molar-refractivity contribution >= 4 is 0 Å². The zero-order valence-electron chi connectivity index (χ0n) is 13.5. The minimum absolute atomic E-state index is 0.677. The maximum atomic E-state index is 5.98. The smallest absolute Gasteiger partial charge is 0.126 e. The maximum absolute atomic E-state index is 5.98. The van der Waals surface area contributed by atoms with E-state index in [1.54, 1.807) is 0 Å². The second-order valence-electron chi connectivity index (χ2n) is 6.83. The van der Waals surface area contributed by atoms with Crippen LogP contribution in [-0.4, -0.2) is 20.2 Å². The van der Waals surface area contributed by atoms with Gasteiger partial charge in [-0.05, 0) is 55.3 Å². The van der Waals surface area contributed by atoms with E-state index in [4.69, 9.17) is 4.74 Å². The molecule has 3 unspecified atom stereocenters. The number of fused-ring (bicyclic) bond motifs is 1. The van der Waals surface area contributed by atoms with E-state index in [1.807, 2.05) is 0 Å². The average molecular weight is 287 g/mol. The normalized spacial score (nSPS) is 28.2. The molecule has 3 atom stereocenters. The molecule has 1 saturated carbocycles. The van der Waals surface area contributed by atoms with Crippen molar-refractivity contribution in [2.75, 3.05) is 20.2 Å². The van der Waals surface area contributed by atoms with Crippen molar-refractivity contribution in [3.63, 3.8) is 0 Å². The highest BCUT2D eigenvalue weighted by molar-refractivity contribution is 5.46. The highest BCUT2D eigenvalue weighted by atomic mass is 16.5. The molecule has 0 spiro atoms. The highest BCUT2D eigenvalue weighted by Gasteiger charge is 2.33. The molecule has 2 aliphatic rings. The third-order valence-electron chi connectivity index (χ3n) is 5.41. The summed E-state index contributed by atoms with van der Waals surface area (Å²) in [5.74, 6) is 3.57. The first-order valence-corrected chi connectivity index (χ1v) is 8.72. The van der Waals surface area contributed by atoms with Crippen molar-refractivity contribution in [3.8, 4) is 5.75 Å². The van der Waals surface area contributed by atoms with Crippen molar-refractivity contribution in [2.45, 2.75) is 51.4 Å². The fourth-order valence-electron chi connectivity index (χ4n) is 4.41. The van der Waals surface area contributed by atoms with Crippen molar-refractivity contribution in [1.82, 2.24) is 5.32 Å². The molecule has 1 heterocycles. The lowest BCUT2D eigenvalue weighted by molar-refractivity contribution is 0.219. The molecule has 0 radical (unpaired) electrons. The highest BCUT2D eigenvalue weighted by Crippen LogP contribution is 2.46. The van der Waals surface area contributed by atoms with Gasteiger partial charge in [0.15, 0.2) is 0 Å². The Morgan fingerprint density at radius 1 is 1.29 bits per heavy atom. The lowest BCUT2D eigenvalue weighted by Gasteiger charge is -2.37. The Hall–Kier alpha value is -1.02. The number of rotatable bonds is 5. The van der Waals surface area contributed by atoms with Gasteiger partial charge in [0.1, 0.15) is 5.75 Å². The van der Waals surface area contributed by atoms with Crippen LogP contribution in [0.15, 0.2) is 18.2 Å². The third-order valence-corrected chi connectivity index (χ3v) is 5.41. The van der Waals surface area contributed by atoms with Crippen LogP contribution in [0.3, 0.4) is 0 Å². The number of nitrogens with one attached hydrogen (secondary N) is 1. The van der Waals surface area contributed by atoms with Crippen molar-refractivity contribution in [1.29, 1.82) is 0 Å². The van der Waals surface area contributed by atoms with Crippen LogP contribution in [0.2, 0.25) is 0 Å². The predicted octanol–water partition coefficient (Wildman–Crippen LogP) is 4.14. The van der Waals surface area contributed by atoms with Gasteiger partial charge in [0, 0.05) is 6.42 Å². The molecule has 2 heteroatoms. The molecule has 1 fully saturated rings. The monoisotopic (exact) mass is 287 g/mol. The minimum atomic E-state index is 0.677. The first-order valence-electron chi connectivity index (χ1n) is 8.72. The molecule has 1 aromatic rings. The molecule has 0 aromatic heterocycles. The van der Waals surface area contributed by atoms with Gasteiger partial charge in [-0.3, -0.25) is 0 Å². The molecular weight excluding hydrogens is 258 g/mol.